The molecule has 1 atom stereocenters. The van der Waals surface area contributed by atoms with E-state index >= 15 is 0 Å². The minimum Gasteiger partial charge on any atom is -0.506 e. The van der Waals surface area contributed by atoms with Crippen LogP contribution in [-0.2, 0) is 0 Å². The molecule has 0 radical (unpaired) electrons. The minimum absolute atomic E-state index is 0.188. The van der Waals surface area contributed by atoms with E-state index in [9.17, 15) is 5.11 Å². The van der Waals surface area contributed by atoms with Gasteiger partial charge < -0.3 is 10.8 Å². The van der Waals surface area contributed by atoms with Gasteiger partial charge in [0.25, 0.3) is 0 Å². The van der Waals surface area contributed by atoms with Gasteiger partial charge in [-0.25, -0.2) is 0 Å². The van der Waals surface area contributed by atoms with Gasteiger partial charge in [-0.3, -0.25) is 0 Å². The minimum atomic E-state index is 0.188. The third-order valence-electron chi connectivity index (χ3n) is 2.48. The molecule has 3 heteroatoms. The number of benzene rings is 1. The van der Waals surface area contributed by atoms with Crippen molar-refractivity contribution in [2.45, 2.75) is 26.2 Å². The molecule has 1 unspecified atom stereocenters. The summed E-state index contributed by atoms with van der Waals surface area (Å²) >= 11 is 6.04. The largest absolute Gasteiger partial charge is 0.506 e. The van der Waals surface area contributed by atoms with Crippen molar-refractivity contribution in [1.82, 2.24) is 0 Å². The maximum Gasteiger partial charge on any atom is 0.137 e. The van der Waals surface area contributed by atoms with Gasteiger partial charge in [-0.15, -0.1) is 0 Å². The quantitative estimate of drug-likeness (QED) is 0.811. The van der Waals surface area contributed by atoms with Crippen molar-refractivity contribution in [1.29, 1.82) is 0 Å². The molecule has 2 nitrogen and oxygen atoms in total. The summed E-state index contributed by atoms with van der Waals surface area (Å²) < 4.78 is 0. The Kier molecular flexibility index (Phi) is 3.78. The Bertz CT molecular complexity index is 325. The number of nitrogens with two attached hydrogens (primary N) is 1. The second-order valence-electron chi connectivity index (χ2n) is 3.61. The summed E-state index contributed by atoms with van der Waals surface area (Å²) in [5.74, 6) is 0.479. The Balaban J connectivity index is 3.04. The topological polar surface area (TPSA) is 46.2 Å². The van der Waals surface area contributed by atoms with E-state index in [0.717, 1.165) is 17.5 Å². The van der Waals surface area contributed by atoms with Crippen LogP contribution in [-0.4, -0.2) is 11.7 Å². The predicted molar refractivity (Wildman–Crippen MR) is 59.9 cm³/mol. The first kappa shape index (κ1) is 11.3. The van der Waals surface area contributed by atoms with E-state index in [1.54, 1.807) is 0 Å². The number of halogens is 1. The molecule has 0 spiro atoms. The van der Waals surface area contributed by atoms with Crippen molar-refractivity contribution in [3.8, 4) is 5.75 Å². The van der Waals surface area contributed by atoms with E-state index in [0.29, 0.717) is 17.5 Å². The Morgan fingerprint density at radius 3 is 2.71 bits per heavy atom. The highest BCUT2D eigenvalue weighted by Gasteiger charge is 2.13. The number of aromatic hydroxyl groups is 1. The molecule has 0 bridgehead atoms. The molecule has 0 fully saturated rings. The Morgan fingerprint density at radius 1 is 1.50 bits per heavy atom. The molecular formula is C11H16ClNO. The van der Waals surface area contributed by atoms with E-state index in [1.807, 2.05) is 19.1 Å². The van der Waals surface area contributed by atoms with E-state index < -0.39 is 0 Å². The number of phenols is 1. The number of hydrogen-bond acceptors (Lipinski definition) is 2. The molecule has 3 N–H and O–H groups in total. The van der Waals surface area contributed by atoms with Gasteiger partial charge in [0.05, 0.1) is 5.02 Å². The van der Waals surface area contributed by atoms with Crippen LogP contribution in [0.5, 0.6) is 5.75 Å². The van der Waals surface area contributed by atoms with Crippen LogP contribution in [0.25, 0.3) is 0 Å². The zero-order chi connectivity index (χ0) is 10.7. The third-order valence-corrected chi connectivity index (χ3v) is 2.88. The smallest absolute Gasteiger partial charge is 0.137 e. The monoisotopic (exact) mass is 213 g/mol. The Labute approximate surface area is 89.7 Å². The number of rotatable bonds is 3. The number of aryl methyl sites for hydroxylation is 1. The molecule has 0 aliphatic heterocycles. The van der Waals surface area contributed by atoms with E-state index in [4.69, 9.17) is 17.3 Å². The zero-order valence-electron chi connectivity index (χ0n) is 8.55. The number of hydrogen-bond donors (Lipinski definition) is 2. The van der Waals surface area contributed by atoms with Gasteiger partial charge in [0.15, 0.2) is 0 Å². The Hall–Kier alpha value is -0.730. The number of phenolic OH excluding ortho intramolecular Hbond substituents is 1. The predicted octanol–water partition coefficient (Wildman–Crippen LogP) is 2.81. The van der Waals surface area contributed by atoms with Crippen LogP contribution in [0.3, 0.4) is 0 Å². The molecule has 0 saturated carbocycles. The lowest BCUT2D eigenvalue weighted by Crippen LogP contribution is -2.05. The average molecular weight is 214 g/mol. The van der Waals surface area contributed by atoms with Crippen molar-refractivity contribution in [3.05, 3.63) is 28.3 Å². The highest BCUT2D eigenvalue weighted by atomic mass is 35.5. The summed E-state index contributed by atoms with van der Waals surface area (Å²) in [6.45, 7) is 4.52. The summed E-state index contributed by atoms with van der Waals surface area (Å²) in [5, 5.41) is 10.1. The third kappa shape index (κ3) is 2.20. The summed E-state index contributed by atoms with van der Waals surface area (Å²) in [6.07, 6.45) is 0.877. The lowest BCUT2D eigenvalue weighted by Gasteiger charge is -2.14. The molecule has 0 saturated heterocycles. The molecule has 0 amide bonds. The van der Waals surface area contributed by atoms with Gasteiger partial charge >= 0.3 is 0 Å². The molecule has 0 heterocycles. The maximum atomic E-state index is 9.64. The zero-order valence-corrected chi connectivity index (χ0v) is 9.30. The Morgan fingerprint density at radius 2 is 2.14 bits per heavy atom. The van der Waals surface area contributed by atoms with E-state index in [1.165, 1.54) is 0 Å². The fraction of sp³-hybridized carbons (Fsp3) is 0.455. The average Bonchev–Trinajstić information content (AvgIpc) is 2.15. The van der Waals surface area contributed by atoms with Crippen molar-refractivity contribution >= 4 is 11.6 Å². The molecule has 0 aliphatic carbocycles. The second kappa shape index (κ2) is 4.67. The fourth-order valence-electron chi connectivity index (χ4n) is 1.46. The standard InChI is InChI=1S/C11H16ClNO/c1-7(5-6-13)9-4-3-8(2)11(14)10(9)12/h3-4,7,14H,5-6,13H2,1-2H3. The van der Waals surface area contributed by atoms with Crippen LogP contribution in [0, 0.1) is 6.92 Å². The molecule has 1 aromatic rings. The molecule has 14 heavy (non-hydrogen) atoms. The van der Waals surface area contributed by atoms with Crippen LogP contribution in [0.4, 0.5) is 0 Å². The van der Waals surface area contributed by atoms with E-state index in [-0.39, 0.29) is 5.75 Å². The summed E-state index contributed by atoms with van der Waals surface area (Å²) in [5.41, 5.74) is 7.26. The molecule has 0 aliphatic rings. The lowest BCUT2D eigenvalue weighted by atomic mass is 9.96. The van der Waals surface area contributed by atoms with Crippen LogP contribution in [0.2, 0.25) is 5.02 Å². The molecule has 0 aromatic heterocycles. The first-order chi connectivity index (χ1) is 6.57. The van der Waals surface area contributed by atoms with Gasteiger partial charge in [-0.1, -0.05) is 30.7 Å². The van der Waals surface area contributed by atoms with Gasteiger partial charge in [-0.2, -0.15) is 0 Å². The fourth-order valence-corrected chi connectivity index (χ4v) is 1.86. The second-order valence-corrected chi connectivity index (χ2v) is 3.99. The van der Waals surface area contributed by atoms with Crippen molar-refractivity contribution in [2.24, 2.45) is 5.73 Å². The molecule has 78 valence electrons. The summed E-state index contributed by atoms with van der Waals surface area (Å²) in [6, 6.07) is 3.83. The van der Waals surface area contributed by atoms with Crippen molar-refractivity contribution < 1.29 is 5.11 Å². The molecule has 1 aromatic carbocycles. The van der Waals surface area contributed by atoms with Crippen molar-refractivity contribution in [2.75, 3.05) is 6.54 Å². The van der Waals surface area contributed by atoms with Crippen LogP contribution < -0.4 is 5.73 Å². The maximum absolute atomic E-state index is 9.64. The first-order valence-electron chi connectivity index (χ1n) is 4.76. The van der Waals surface area contributed by atoms with E-state index in [2.05, 4.69) is 6.92 Å². The SMILES string of the molecule is Cc1ccc(C(C)CCN)c(Cl)c1O. The van der Waals surface area contributed by atoms with Gasteiger partial charge in [-0.05, 0) is 36.9 Å². The van der Waals surface area contributed by atoms with Gasteiger partial charge in [0.2, 0.25) is 0 Å². The van der Waals surface area contributed by atoms with Gasteiger partial charge in [0.1, 0.15) is 5.75 Å². The highest BCUT2D eigenvalue weighted by Crippen LogP contribution is 2.35. The van der Waals surface area contributed by atoms with Gasteiger partial charge in [0, 0.05) is 0 Å². The lowest BCUT2D eigenvalue weighted by molar-refractivity contribution is 0.469. The molecule has 1 rings (SSSR count). The first-order valence-corrected chi connectivity index (χ1v) is 5.13. The normalized spacial score (nSPS) is 12.9. The van der Waals surface area contributed by atoms with Crippen LogP contribution >= 0.6 is 11.6 Å². The molecular weight excluding hydrogens is 198 g/mol. The highest BCUT2D eigenvalue weighted by molar-refractivity contribution is 6.33. The van der Waals surface area contributed by atoms with Crippen molar-refractivity contribution in [3.63, 3.8) is 0 Å². The van der Waals surface area contributed by atoms with Crippen LogP contribution in [0.15, 0.2) is 12.1 Å². The summed E-state index contributed by atoms with van der Waals surface area (Å²) in [7, 11) is 0. The van der Waals surface area contributed by atoms with Crippen LogP contribution in [0.1, 0.15) is 30.4 Å². The summed E-state index contributed by atoms with van der Waals surface area (Å²) in [4.78, 5) is 0.